The van der Waals surface area contributed by atoms with Gasteiger partial charge in [0.2, 0.25) is 6.43 Å². The molecule has 126 valence electrons. The number of alkyl halides is 2. The zero-order valence-electron chi connectivity index (χ0n) is 13.4. The molecule has 4 heteroatoms. The van der Waals surface area contributed by atoms with Gasteiger partial charge in [0.25, 0.3) is 0 Å². The SMILES string of the molecule is NCCc1ccc(OCCCCCCCCCC(F)F)cc1. The normalized spacial score (nSPS) is 11.1. The quantitative estimate of drug-likeness (QED) is 0.523. The van der Waals surface area contributed by atoms with Crippen molar-refractivity contribution in [2.24, 2.45) is 5.73 Å². The summed E-state index contributed by atoms with van der Waals surface area (Å²) < 4.78 is 29.6. The third-order valence-corrected chi connectivity index (χ3v) is 3.69. The van der Waals surface area contributed by atoms with Crippen LogP contribution in [0.1, 0.15) is 56.9 Å². The van der Waals surface area contributed by atoms with E-state index in [9.17, 15) is 8.78 Å². The van der Waals surface area contributed by atoms with Gasteiger partial charge in [-0.05, 0) is 43.5 Å². The maximum absolute atomic E-state index is 11.9. The Labute approximate surface area is 133 Å². The number of hydrogen-bond acceptors (Lipinski definition) is 2. The highest BCUT2D eigenvalue weighted by Crippen LogP contribution is 2.14. The molecule has 0 aliphatic carbocycles. The van der Waals surface area contributed by atoms with Crippen LogP contribution in [0.5, 0.6) is 5.75 Å². The highest BCUT2D eigenvalue weighted by Gasteiger charge is 2.01. The van der Waals surface area contributed by atoms with Gasteiger partial charge in [0, 0.05) is 6.42 Å². The summed E-state index contributed by atoms with van der Waals surface area (Å²) in [6, 6.07) is 8.10. The number of halogens is 2. The van der Waals surface area contributed by atoms with Crippen molar-refractivity contribution in [1.82, 2.24) is 0 Å². The van der Waals surface area contributed by atoms with E-state index in [0.717, 1.165) is 57.3 Å². The third-order valence-electron chi connectivity index (χ3n) is 3.69. The fourth-order valence-corrected chi connectivity index (χ4v) is 2.39. The van der Waals surface area contributed by atoms with Gasteiger partial charge in [-0.25, -0.2) is 8.78 Å². The van der Waals surface area contributed by atoms with Gasteiger partial charge in [-0.1, -0.05) is 44.2 Å². The zero-order chi connectivity index (χ0) is 16.0. The first-order valence-corrected chi connectivity index (χ1v) is 8.42. The number of unbranched alkanes of at least 4 members (excludes halogenated alkanes) is 6. The molecule has 0 aromatic heterocycles. The molecule has 22 heavy (non-hydrogen) atoms. The largest absolute Gasteiger partial charge is 0.494 e. The molecule has 0 aliphatic heterocycles. The number of nitrogens with two attached hydrogens (primary N) is 1. The van der Waals surface area contributed by atoms with E-state index < -0.39 is 6.43 Å². The first-order valence-electron chi connectivity index (χ1n) is 8.42. The van der Waals surface area contributed by atoms with E-state index in [2.05, 4.69) is 12.1 Å². The molecule has 2 N–H and O–H groups in total. The second-order valence-corrected chi connectivity index (χ2v) is 5.69. The van der Waals surface area contributed by atoms with E-state index in [-0.39, 0.29) is 6.42 Å². The van der Waals surface area contributed by atoms with Gasteiger partial charge in [-0.2, -0.15) is 0 Å². The molecule has 0 amide bonds. The van der Waals surface area contributed by atoms with Crippen LogP contribution in [0.3, 0.4) is 0 Å². The van der Waals surface area contributed by atoms with Crippen LogP contribution in [0.2, 0.25) is 0 Å². The summed E-state index contributed by atoms with van der Waals surface area (Å²) in [4.78, 5) is 0. The van der Waals surface area contributed by atoms with Crippen LogP contribution < -0.4 is 10.5 Å². The van der Waals surface area contributed by atoms with Gasteiger partial charge in [-0.3, -0.25) is 0 Å². The minimum Gasteiger partial charge on any atom is -0.494 e. The topological polar surface area (TPSA) is 35.2 Å². The number of rotatable bonds is 13. The predicted octanol–water partition coefficient (Wildman–Crippen LogP) is 4.95. The van der Waals surface area contributed by atoms with Crippen LogP contribution in [0.25, 0.3) is 0 Å². The molecule has 0 saturated carbocycles. The number of ether oxygens (including phenoxy) is 1. The van der Waals surface area contributed by atoms with Crippen molar-refractivity contribution in [3.05, 3.63) is 29.8 Å². The molecule has 0 aliphatic rings. The van der Waals surface area contributed by atoms with E-state index in [1.807, 2.05) is 12.1 Å². The number of hydrogen-bond donors (Lipinski definition) is 1. The lowest BCUT2D eigenvalue weighted by Gasteiger charge is -2.07. The standard InChI is InChI=1S/C18H29F2NO/c19-18(20)8-6-4-2-1-3-5-7-15-22-17-11-9-16(10-12-17)13-14-21/h9-12,18H,1-8,13-15,21H2. The van der Waals surface area contributed by atoms with Crippen LogP contribution in [0.4, 0.5) is 8.78 Å². The van der Waals surface area contributed by atoms with Gasteiger partial charge in [0.1, 0.15) is 5.75 Å². The average molecular weight is 313 g/mol. The molecular weight excluding hydrogens is 284 g/mol. The molecule has 0 unspecified atom stereocenters. The van der Waals surface area contributed by atoms with E-state index in [0.29, 0.717) is 13.0 Å². The molecule has 0 saturated heterocycles. The van der Waals surface area contributed by atoms with Crippen LogP contribution in [0, 0.1) is 0 Å². The lowest BCUT2D eigenvalue weighted by atomic mass is 10.1. The lowest BCUT2D eigenvalue weighted by molar-refractivity contribution is 0.133. The summed E-state index contributed by atoms with van der Waals surface area (Å²) in [5, 5.41) is 0. The minimum atomic E-state index is -2.14. The zero-order valence-corrected chi connectivity index (χ0v) is 13.4. The molecule has 0 spiro atoms. The van der Waals surface area contributed by atoms with Crippen molar-refractivity contribution < 1.29 is 13.5 Å². The van der Waals surface area contributed by atoms with Gasteiger partial charge < -0.3 is 10.5 Å². The van der Waals surface area contributed by atoms with Gasteiger partial charge in [0.15, 0.2) is 0 Å². The fraction of sp³-hybridized carbons (Fsp3) is 0.667. The van der Waals surface area contributed by atoms with E-state index in [1.165, 1.54) is 5.56 Å². The monoisotopic (exact) mass is 313 g/mol. The van der Waals surface area contributed by atoms with Crippen molar-refractivity contribution >= 4 is 0 Å². The van der Waals surface area contributed by atoms with Gasteiger partial charge >= 0.3 is 0 Å². The first-order chi connectivity index (χ1) is 10.7. The summed E-state index contributed by atoms with van der Waals surface area (Å²) >= 11 is 0. The van der Waals surface area contributed by atoms with Crippen molar-refractivity contribution in [2.75, 3.05) is 13.2 Å². The van der Waals surface area contributed by atoms with Crippen LogP contribution >= 0.6 is 0 Å². The predicted molar refractivity (Wildman–Crippen MR) is 87.6 cm³/mol. The van der Waals surface area contributed by atoms with Gasteiger partial charge in [0.05, 0.1) is 6.61 Å². The number of benzene rings is 1. The van der Waals surface area contributed by atoms with Crippen molar-refractivity contribution in [1.29, 1.82) is 0 Å². The maximum Gasteiger partial charge on any atom is 0.238 e. The Kier molecular flexibility index (Phi) is 10.6. The van der Waals surface area contributed by atoms with Crippen LogP contribution in [-0.2, 0) is 6.42 Å². The summed E-state index contributed by atoms with van der Waals surface area (Å²) in [7, 11) is 0. The maximum atomic E-state index is 11.9. The molecule has 0 radical (unpaired) electrons. The lowest BCUT2D eigenvalue weighted by Crippen LogP contribution is -2.02. The summed E-state index contributed by atoms with van der Waals surface area (Å²) in [6.07, 6.45) is 5.94. The van der Waals surface area contributed by atoms with Crippen molar-refractivity contribution in [3.8, 4) is 5.75 Å². The van der Waals surface area contributed by atoms with Crippen molar-refractivity contribution in [2.45, 2.75) is 64.2 Å². The van der Waals surface area contributed by atoms with E-state index in [4.69, 9.17) is 10.5 Å². The molecular formula is C18H29F2NO. The second kappa shape index (κ2) is 12.4. The Hall–Kier alpha value is -1.16. The Bertz CT molecular complexity index is 368. The molecule has 1 aromatic rings. The highest BCUT2D eigenvalue weighted by atomic mass is 19.3. The van der Waals surface area contributed by atoms with E-state index in [1.54, 1.807) is 0 Å². The molecule has 0 heterocycles. The molecule has 1 rings (SSSR count). The molecule has 0 atom stereocenters. The minimum absolute atomic E-state index is 0.0535. The van der Waals surface area contributed by atoms with Crippen LogP contribution in [-0.4, -0.2) is 19.6 Å². The Morgan fingerprint density at radius 2 is 1.45 bits per heavy atom. The Balaban J connectivity index is 1.92. The van der Waals surface area contributed by atoms with Gasteiger partial charge in [-0.15, -0.1) is 0 Å². The Morgan fingerprint density at radius 1 is 0.864 bits per heavy atom. The highest BCUT2D eigenvalue weighted by molar-refractivity contribution is 5.27. The molecule has 0 fully saturated rings. The van der Waals surface area contributed by atoms with Crippen molar-refractivity contribution in [3.63, 3.8) is 0 Å². The summed E-state index contributed by atoms with van der Waals surface area (Å²) in [6.45, 7) is 1.41. The summed E-state index contributed by atoms with van der Waals surface area (Å²) in [5.41, 5.74) is 6.75. The average Bonchev–Trinajstić information content (AvgIpc) is 2.51. The molecule has 0 bridgehead atoms. The second-order valence-electron chi connectivity index (χ2n) is 5.69. The third kappa shape index (κ3) is 9.72. The first kappa shape index (κ1) is 18.9. The Morgan fingerprint density at radius 3 is 2.05 bits per heavy atom. The fourth-order valence-electron chi connectivity index (χ4n) is 2.39. The summed E-state index contributed by atoms with van der Waals surface area (Å²) in [5.74, 6) is 0.910. The smallest absolute Gasteiger partial charge is 0.238 e. The molecule has 2 nitrogen and oxygen atoms in total. The van der Waals surface area contributed by atoms with Crippen LogP contribution in [0.15, 0.2) is 24.3 Å². The molecule has 1 aromatic carbocycles. The van der Waals surface area contributed by atoms with E-state index >= 15 is 0 Å².